The molecule has 1 amide bonds. The van der Waals surface area contributed by atoms with Crippen LogP contribution in [-0.4, -0.2) is 60.8 Å². The van der Waals surface area contributed by atoms with Crippen molar-refractivity contribution in [3.63, 3.8) is 0 Å². The number of nitrogens with zero attached hydrogens (tertiary/aromatic N) is 2. The van der Waals surface area contributed by atoms with Crippen LogP contribution in [0, 0.1) is 13.8 Å². The van der Waals surface area contributed by atoms with Crippen molar-refractivity contribution in [1.82, 2.24) is 9.80 Å². The number of piperazine rings is 1. The van der Waals surface area contributed by atoms with Crippen molar-refractivity contribution in [2.24, 2.45) is 0 Å². The van der Waals surface area contributed by atoms with Crippen LogP contribution in [-0.2, 0) is 4.79 Å². The Labute approximate surface area is 166 Å². The molecule has 1 fully saturated rings. The number of hydrogen-bond acceptors (Lipinski definition) is 4. The Morgan fingerprint density at radius 3 is 2.32 bits per heavy atom. The summed E-state index contributed by atoms with van der Waals surface area (Å²) in [5, 5.41) is 0. The predicted molar refractivity (Wildman–Crippen MR) is 110 cm³/mol. The molecule has 0 N–H and O–H groups in total. The molecule has 1 saturated heterocycles. The predicted octanol–water partition coefficient (Wildman–Crippen LogP) is 3.10. The average Bonchev–Trinajstić information content (AvgIpc) is 2.71. The second-order valence-corrected chi connectivity index (χ2v) is 7.29. The van der Waals surface area contributed by atoms with Crippen LogP contribution in [0.2, 0.25) is 0 Å². The van der Waals surface area contributed by atoms with Gasteiger partial charge in [0.1, 0.15) is 5.75 Å². The molecule has 0 saturated carbocycles. The standard InChI is InChI=1S/C23H28N2O3/c1-18-8-9-20(16-19(18)2)22(26)17-24-11-13-25(14-12-24)23(27)10-15-28-21-6-4-3-5-7-21/h3-9,16H,10-15,17H2,1-2H3. The van der Waals surface area contributed by atoms with Gasteiger partial charge in [0, 0.05) is 31.7 Å². The molecular weight excluding hydrogens is 352 g/mol. The molecule has 0 aromatic heterocycles. The third kappa shape index (κ3) is 5.42. The highest BCUT2D eigenvalue weighted by Crippen LogP contribution is 2.13. The number of benzene rings is 2. The molecule has 28 heavy (non-hydrogen) atoms. The van der Waals surface area contributed by atoms with Gasteiger partial charge in [-0.15, -0.1) is 0 Å². The zero-order chi connectivity index (χ0) is 19.9. The van der Waals surface area contributed by atoms with E-state index in [-0.39, 0.29) is 11.7 Å². The number of carbonyl (C=O) groups excluding carboxylic acids is 2. The van der Waals surface area contributed by atoms with Crippen molar-refractivity contribution in [2.45, 2.75) is 20.3 Å². The number of para-hydroxylation sites is 1. The van der Waals surface area contributed by atoms with E-state index in [0.29, 0.717) is 32.7 Å². The Hall–Kier alpha value is -2.66. The maximum Gasteiger partial charge on any atom is 0.226 e. The first-order valence-corrected chi connectivity index (χ1v) is 9.81. The van der Waals surface area contributed by atoms with Gasteiger partial charge >= 0.3 is 0 Å². The van der Waals surface area contributed by atoms with Crippen molar-refractivity contribution in [3.05, 3.63) is 65.2 Å². The second-order valence-electron chi connectivity index (χ2n) is 7.29. The van der Waals surface area contributed by atoms with Crippen molar-refractivity contribution in [2.75, 3.05) is 39.3 Å². The van der Waals surface area contributed by atoms with E-state index < -0.39 is 0 Å². The largest absolute Gasteiger partial charge is 0.493 e. The molecule has 5 heteroatoms. The van der Waals surface area contributed by atoms with Crippen LogP contribution in [0.1, 0.15) is 27.9 Å². The molecule has 0 aliphatic carbocycles. The van der Waals surface area contributed by atoms with E-state index in [1.54, 1.807) is 0 Å². The molecular formula is C23H28N2O3. The molecule has 5 nitrogen and oxygen atoms in total. The Bertz CT molecular complexity index is 812. The van der Waals surface area contributed by atoms with Gasteiger partial charge in [-0.25, -0.2) is 0 Å². The van der Waals surface area contributed by atoms with E-state index in [4.69, 9.17) is 4.74 Å². The number of amides is 1. The summed E-state index contributed by atoms with van der Waals surface area (Å²) in [5.41, 5.74) is 3.10. The SMILES string of the molecule is Cc1ccc(C(=O)CN2CCN(C(=O)CCOc3ccccc3)CC2)cc1C. The molecule has 0 spiro atoms. The van der Waals surface area contributed by atoms with Gasteiger partial charge < -0.3 is 9.64 Å². The second kappa shape index (κ2) is 9.51. The lowest BCUT2D eigenvalue weighted by Gasteiger charge is -2.34. The summed E-state index contributed by atoms with van der Waals surface area (Å²) in [4.78, 5) is 28.9. The van der Waals surface area contributed by atoms with E-state index in [2.05, 4.69) is 4.90 Å². The monoisotopic (exact) mass is 380 g/mol. The number of carbonyl (C=O) groups is 2. The zero-order valence-corrected chi connectivity index (χ0v) is 16.7. The minimum Gasteiger partial charge on any atom is -0.493 e. The maximum atomic E-state index is 12.5. The number of hydrogen-bond donors (Lipinski definition) is 0. The third-order valence-electron chi connectivity index (χ3n) is 5.25. The Morgan fingerprint density at radius 1 is 0.929 bits per heavy atom. The number of Topliss-reactive ketones (excluding diaryl/α,β-unsaturated/α-hetero) is 1. The first-order valence-electron chi connectivity index (χ1n) is 9.81. The van der Waals surface area contributed by atoms with E-state index in [1.165, 1.54) is 5.56 Å². The number of ketones is 1. The normalized spacial score (nSPS) is 14.7. The molecule has 2 aromatic carbocycles. The highest BCUT2D eigenvalue weighted by molar-refractivity contribution is 5.97. The molecule has 0 bridgehead atoms. The molecule has 0 unspecified atom stereocenters. The van der Waals surface area contributed by atoms with Crippen molar-refractivity contribution in [1.29, 1.82) is 0 Å². The lowest BCUT2D eigenvalue weighted by molar-refractivity contribution is -0.133. The van der Waals surface area contributed by atoms with Crippen LogP contribution >= 0.6 is 0 Å². The molecule has 1 heterocycles. The zero-order valence-electron chi connectivity index (χ0n) is 16.7. The summed E-state index contributed by atoms with van der Waals surface area (Å²) in [7, 11) is 0. The van der Waals surface area contributed by atoms with Crippen LogP contribution in [0.5, 0.6) is 5.75 Å². The topological polar surface area (TPSA) is 49.9 Å². The molecule has 3 rings (SSSR count). The maximum absolute atomic E-state index is 12.5. The van der Waals surface area contributed by atoms with E-state index in [1.807, 2.05) is 67.3 Å². The van der Waals surface area contributed by atoms with E-state index >= 15 is 0 Å². The highest BCUT2D eigenvalue weighted by atomic mass is 16.5. The van der Waals surface area contributed by atoms with Crippen LogP contribution in [0.25, 0.3) is 0 Å². The van der Waals surface area contributed by atoms with Crippen LogP contribution in [0.4, 0.5) is 0 Å². The van der Waals surface area contributed by atoms with Gasteiger partial charge in [0.25, 0.3) is 0 Å². The van der Waals surface area contributed by atoms with Crippen molar-refractivity contribution in [3.8, 4) is 5.75 Å². The van der Waals surface area contributed by atoms with Gasteiger partial charge in [0.15, 0.2) is 5.78 Å². The Morgan fingerprint density at radius 2 is 1.64 bits per heavy atom. The Kier molecular flexibility index (Phi) is 6.82. The lowest BCUT2D eigenvalue weighted by atomic mass is 10.0. The van der Waals surface area contributed by atoms with Crippen molar-refractivity contribution >= 4 is 11.7 Å². The average molecular weight is 380 g/mol. The summed E-state index contributed by atoms with van der Waals surface area (Å²) < 4.78 is 5.61. The summed E-state index contributed by atoms with van der Waals surface area (Å²) in [6, 6.07) is 15.4. The van der Waals surface area contributed by atoms with Gasteiger partial charge in [-0.3, -0.25) is 14.5 Å². The minimum atomic E-state index is 0.107. The van der Waals surface area contributed by atoms with Gasteiger partial charge in [0.05, 0.1) is 19.6 Å². The van der Waals surface area contributed by atoms with Crippen LogP contribution < -0.4 is 4.74 Å². The lowest BCUT2D eigenvalue weighted by Crippen LogP contribution is -2.50. The van der Waals surface area contributed by atoms with Gasteiger partial charge in [-0.2, -0.15) is 0 Å². The molecule has 2 aromatic rings. The minimum absolute atomic E-state index is 0.107. The number of rotatable bonds is 7. The molecule has 1 aliphatic heterocycles. The molecule has 1 aliphatic rings. The fraction of sp³-hybridized carbons (Fsp3) is 0.391. The first-order chi connectivity index (χ1) is 13.5. The highest BCUT2D eigenvalue weighted by Gasteiger charge is 2.22. The van der Waals surface area contributed by atoms with Crippen molar-refractivity contribution < 1.29 is 14.3 Å². The first kappa shape index (κ1) is 20.1. The third-order valence-corrected chi connectivity index (χ3v) is 5.25. The number of aryl methyl sites for hydroxylation is 2. The molecule has 148 valence electrons. The van der Waals surface area contributed by atoms with Crippen LogP contribution in [0.3, 0.4) is 0 Å². The molecule has 0 radical (unpaired) electrons. The Balaban J connectivity index is 1.40. The summed E-state index contributed by atoms with van der Waals surface area (Å²) in [5.74, 6) is 1.03. The van der Waals surface area contributed by atoms with Crippen LogP contribution in [0.15, 0.2) is 48.5 Å². The molecule has 0 atom stereocenters. The summed E-state index contributed by atoms with van der Waals surface area (Å²) in [6.45, 7) is 7.62. The van der Waals surface area contributed by atoms with Gasteiger partial charge in [0.2, 0.25) is 5.91 Å². The van der Waals surface area contributed by atoms with E-state index in [0.717, 1.165) is 30.0 Å². The van der Waals surface area contributed by atoms with Gasteiger partial charge in [-0.1, -0.05) is 30.3 Å². The summed E-state index contributed by atoms with van der Waals surface area (Å²) in [6.07, 6.45) is 0.371. The van der Waals surface area contributed by atoms with Gasteiger partial charge in [-0.05, 0) is 43.2 Å². The summed E-state index contributed by atoms with van der Waals surface area (Å²) >= 11 is 0. The fourth-order valence-corrected chi connectivity index (χ4v) is 3.30. The smallest absolute Gasteiger partial charge is 0.226 e. The quantitative estimate of drug-likeness (QED) is 0.693. The fourth-order valence-electron chi connectivity index (χ4n) is 3.30. The van der Waals surface area contributed by atoms with E-state index in [9.17, 15) is 9.59 Å². The number of ether oxygens (including phenoxy) is 1.